The van der Waals surface area contributed by atoms with E-state index in [1.54, 1.807) is 13.8 Å². The third-order valence-electron chi connectivity index (χ3n) is 16.6. The van der Waals surface area contributed by atoms with Crippen molar-refractivity contribution < 1.29 is 127 Å². The quantitative estimate of drug-likeness (QED) is 0.0240. The first-order valence-corrected chi connectivity index (χ1v) is 33.0. The highest BCUT2D eigenvalue weighted by Crippen LogP contribution is 2.50. The highest BCUT2D eigenvalue weighted by molar-refractivity contribution is 5.88. The lowest BCUT2D eigenvalue weighted by Gasteiger charge is -2.38. The molecule has 4 rings (SSSR count). The molecule has 0 spiro atoms. The number of alkyl halides is 16. The summed E-state index contributed by atoms with van der Waals surface area (Å²) in [5, 5.41) is 0. The predicted molar refractivity (Wildman–Crippen MR) is 344 cm³/mol. The maximum absolute atomic E-state index is 12.8. The van der Waals surface area contributed by atoms with E-state index in [-0.39, 0.29) is 41.5 Å². The number of esters is 6. The number of hydrogen-bond donors (Lipinski definition) is 0. The van der Waals surface area contributed by atoms with Crippen LogP contribution in [0.25, 0.3) is 0 Å². The van der Waals surface area contributed by atoms with E-state index < -0.39 is 79.1 Å². The van der Waals surface area contributed by atoms with Crippen molar-refractivity contribution in [2.24, 2.45) is 46.3 Å². The molecule has 0 aliphatic heterocycles. The number of halogens is 16. The van der Waals surface area contributed by atoms with E-state index in [1.807, 2.05) is 0 Å². The lowest BCUT2D eigenvalue weighted by molar-refractivity contribution is -0.344. The van der Waals surface area contributed by atoms with Gasteiger partial charge in [0.25, 0.3) is 0 Å². The van der Waals surface area contributed by atoms with Crippen LogP contribution in [-0.2, 0) is 57.2 Å². The van der Waals surface area contributed by atoms with Crippen molar-refractivity contribution in [1.82, 2.24) is 0 Å². The molecule has 0 aromatic carbocycles. The van der Waals surface area contributed by atoms with Gasteiger partial charge >= 0.3 is 84.2 Å². The Morgan fingerprint density at radius 1 is 0.424 bits per heavy atom. The molecule has 4 saturated carbocycles. The van der Waals surface area contributed by atoms with Gasteiger partial charge < -0.3 is 28.4 Å². The minimum atomic E-state index is -6.39. The fraction of sp³-hybridized carbons (Fsp3) is 0.746. The highest BCUT2D eigenvalue weighted by atomic mass is 19.4. The van der Waals surface area contributed by atoms with Gasteiger partial charge in [-0.25, -0.2) is 46.3 Å². The Balaban J connectivity index is 0. The van der Waals surface area contributed by atoms with E-state index in [0.29, 0.717) is 47.7 Å². The lowest BCUT2D eigenvalue weighted by atomic mass is 9.71. The summed E-state index contributed by atoms with van der Waals surface area (Å²) in [4.78, 5) is 65.3. The van der Waals surface area contributed by atoms with Crippen molar-refractivity contribution in [1.29, 1.82) is 0 Å². The summed E-state index contributed by atoms with van der Waals surface area (Å²) in [5.74, 6) is -35.9. The van der Waals surface area contributed by atoms with Crippen LogP contribution < -0.4 is 0 Å². The lowest BCUT2D eigenvalue weighted by Crippen LogP contribution is -2.59. The minimum Gasteiger partial charge on any atom is -0.463 e. The molecule has 0 amide bonds. The van der Waals surface area contributed by atoms with Gasteiger partial charge in [-0.1, -0.05) is 159 Å². The SMILES string of the molecule is C=C(C)C(=O)OC1CC(C)CC(C)(C)C1.C=C(C)C(=O)OCC(F)(F)C(F)(F)C(F)(F)C(F)F.C=C(C)C(=O)OCCCCC1CCC(C)CC1.C=CC(=O)OC1CC(C)CC(C)(C)C1.C=CC(=O)OCC(F)(F)C(F)(F)C(F)(F)C(F)F.C=CC(=O)OCCCCC1CCC(C)CC1. The summed E-state index contributed by atoms with van der Waals surface area (Å²) in [6, 6.07) is 0. The molecular formula is C71H106F16O12. The zero-order valence-electron chi connectivity index (χ0n) is 59.2. The zero-order valence-corrected chi connectivity index (χ0v) is 59.2. The first-order chi connectivity index (χ1) is 45.2. The Bertz CT molecular complexity index is 2560. The van der Waals surface area contributed by atoms with Crippen molar-refractivity contribution >= 4 is 35.8 Å². The van der Waals surface area contributed by atoms with Gasteiger partial charge in [0.15, 0.2) is 13.2 Å². The summed E-state index contributed by atoms with van der Waals surface area (Å²) in [7, 11) is 0. The van der Waals surface area contributed by atoms with Crippen LogP contribution in [0.5, 0.6) is 0 Å². The summed E-state index contributed by atoms with van der Waals surface area (Å²) in [6.07, 6.45) is 17.4. The van der Waals surface area contributed by atoms with Gasteiger partial charge in [-0.15, -0.1) is 0 Å². The highest BCUT2D eigenvalue weighted by Gasteiger charge is 2.77. The summed E-state index contributed by atoms with van der Waals surface area (Å²) < 4.78 is 225. The number of rotatable bonds is 28. The van der Waals surface area contributed by atoms with Crippen LogP contribution in [0.1, 0.15) is 205 Å². The van der Waals surface area contributed by atoms with E-state index in [1.165, 1.54) is 102 Å². The molecule has 0 N–H and O–H groups in total. The second-order valence-electron chi connectivity index (χ2n) is 28.0. The van der Waals surface area contributed by atoms with Crippen molar-refractivity contribution in [3.05, 3.63) is 74.4 Å². The molecular weight excluding hydrogens is 1350 g/mol. The normalized spacial score (nSPS) is 22.2. The maximum atomic E-state index is 12.8. The zero-order chi connectivity index (χ0) is 77.3. The molecule has 4 aliphatic rings. The smallest absolute Gasteiger partial charge is 0.381 e. The summed E-state index contributed by atoms with van der Waals surface area (Å²) in [5.41, 5.74) is 1.11. The van der Waals surface area contributed by atoms with Crippen molar-refractivity contribution in [3.8, 4) is 0 Å². The molecule has 0 bridgehead atoms. The van der Waals surface area contributed by atoms with Gasteiger partial charge in [-0.05, 0) is 131 Å². The molecule has 4 aliphatic carbocycles. The Labute approximate surface area is 573 Å². The standard InChI is InChI=1S/C15H26O2.C14H24O2.C13H22O2.C12H20O2.C9H8F8O2.C8H6F8O2/c1-12(2)15(16)17-11-5-4-6-14-9-7-13(3)8-10-14;1-3-14(15)16-11-5-4-6-13-9-7-12(2)8-10-13;1-9(2)12(14)15-11-6-10(3)7-13(4,5)8-11;1-5-11(13)14-10-6-9(2)7-12(3,4)8-10;1-4(2)5(18)19-3-7(12,13)9(16,17)8(14,15)6(10)11;1-2-4(17)18-3-6(11,12)8(15,16)7(13,14)5(9)10/h13-14H,1,4-11H2,2-3H3;3,12-13H,1,4-11H2,2H3;10-11H,1,6-8H2,2-5H3;5,9-10H,1,6-8H2,2-4H3;6H,1,3H2,2H3;2,5H,1,3H2. The van der Waals surface area contributed by atoms with Gasteiger partial charge in [-0.2, -0.15) is 52.7 Å². The summed E-state index contributed by atoms with van der Waals surface area (Å²) in [6.45, 7) is 38.2. The van der Waals surface area contributed by atoms with Crippen LogP contribution in [-0.4, -0.2) is 123 Å². The first kappa shape index (κ1) is 95.2. The van der Waals surface area contributed by atoms with Crippen LogP contribution in [0.3, 0.4) is 0 Å². The van der Waals surface area contributed by atoms with Gasteiger partial charge in [0.05, 0.1) is 13.2 Å². The molecule has 0 aromatic rings. The minimum absolute atomic E-state index is 0.0768. The van der Waals surface area contributed by atoms with E-state index in [0.717, 1.165) is 69.1 Å². The molecule has 99 heavy (non-hydrogen) atoms. The number of carbonyl (C=O) groups is 6. The van der Waals surface area contributed by atoms with Crippen LogP contribution in [0.4, 0.5) is 70.2 Å². The van der Waals surface area contributed by atoms with E-state index >= 15 is 0 Å². The molecule has 12 nitrogen and oxygen atoms in total. The third-order valence-corrected chi connectivity index (χ3v) is 16.6. The van der Waals surface area contributed by atoms with Gasteiger partial charge in [-0.3, -0.25) is 0 Å². The van der Waals surface area contributed by atoms with Gasteiger partial charge in [0.2, 0.25) is 0 Å². The Kier molecular flexibility index (Phi) is 42.1. The first-order valence-electron chi connectivity index (χ1n) is 33.0. The molecule has 0 radical (unpaired) electrons. The van der Waals surface area contributed by atoms with Gasteiger partial charge in [0, 0.05) is 34.9 Å². The Morgan fingerprint density at radius 2 is 0.737 bits per heavy atom. The molecule has 0 heterocycles. The Morgan fingerprint density at radius 3 is 1.06 bits per heavy atom. The van der Waals surface area contributed by atoms with Crippen molar-refractivity contribution in [2.75, 3.05) is 26.4 Å². The second kappa shape index (κ2) is 43.8. The molecule has 4 fully saturated rings. The molecule has 4 atom stereocenters. The second-order valence-corrected chi connectivity index (χ2v) is 28.0. The summed E-state index contributed by atoms with van der Waals surface area (Å²) >= 11 is 0. The van der Waals surface area contributed by atoms with Crippen molar-refractivity contribution in [2.45, 2.75) is 265 Å². The average Bonchev–Trinajstić information content (AvgIpc) is 0.769. The molecule has 0 saturated heterocycles. The third kappa shape index (κ3) is 36.0. The molecule has 28 heteroatoms. The van der Waals surface area contributed by atoms with Crippen LogP contribution in [0, 0.1) is 46.3 Å². The number of ether oxygens (including phenoxy) is 6. The fourth-order valence-electron chi connectivity index (χ4n) is 11.4. The number of unbranched alkanes of at least 4 members (excludes halogenated alkanes) is 2. The average molecular weight is 1460 g/mol. The maximum Gasteiger partial charge on any atom is 0.381 e. The topological polar surface area (TPSA) is 158 Å². The van der Waals surface area contributed by atoms with E-state index in [2.05, 4.69) is 104 Å². The van der Waals surface area contributed by atoms with Crippen molar-refractivity contribution in [3.63, 3.8) is 0 Å². The largest absolute Gasteiger partial charge is 0.463 e. The van der Waals surface area contributed by atoms with Crippen LogP contribution >= 0.6 is 0 Å². The predicted octanol–water partition coefficient (Wildman–Crippen LogP) is 20.2. The number of carbonyl (C=O) groups excluding carboxylic acids is 6. The monoisotopic (exact) mass is 1450 g/mol. The Hall–Kier alpha value is -5.86. The van der Waals surface area contributed by atoms with Gasteiger partial charge in [0.1, 0.15) is 12.2 Å². The molecule has 4 unspecified atom stereocenters. The number of hydrogen-bond acceptors (Lipinski definition) is 12. The fourth-order valence-corrected chi connectivity index (χ4v) is 11.4. The molecule has 574 valence electrons. The van der Waals surface area contributed by atoms with Crippen LogP contribution in [0.2, 0.25) is 0 Å². The van der Waals surface area contributed by atoms with E-state index in [9.17, 15) is 99.0 Å². The molecule has 0 aromatic heterocycles. The van der Waals surface area contributed by atoms with Crippen LogP contribution in [0.15, 0.2) is 74.4 Å². The van der Waals surface area contributed by atoms with E-state index in [4.69, 9.17) is 18.9 Å².